The number of fused-ring (bicyclic) bond motifs is 1. The Morgan fingerprint density at radius 3 is 2.86 bits per heavy atom. The molecule has 0 amide bonds. The summed E-state index contributed by atoms with van der Waals surface area (Å²) in [4.78, 5) is 9.41. The molecular formula is C18H20N4. The van der Waals surface area contributed by atoms with Crippen molar-refractivity contribution in [3.05, 3.63) is 54.0 Å². The molecule has 0 aliphatic carbocycles. The van der Waals surface area contributed by atoms with Crippen molar-refractivity contribution >= 4 is 11.2 Å². The van der Waals surface area contributed by atoms with Crippen LogP contribution in [0.25, 0.3) is 16.9 Å². The van der Waals surface area contributed by atoms with Crippen molar-refractivity contribution in [1.29, 1.82) is 0 Å². The summed E-state index contributed by atoms with van der Waals surface area (Å²) in [7, 11) is 0. The van der Waals surface area contributed by atoms with Gasteiger partial charge >= 0.3 is 0 Å². The normalized spacial score (nSPS) is 18.1. The van der Waals surface area contributed by atoms with Crippen molar-refractivity contribution in [2.24, 2.45) is 5.92 Å². The minimum Gasteiger partial charge on any atom is -0.316 e. The first-order valence-electron chi connectivity index (χ1n) is 7.91. The predicted molar refractivity (Wildman–Crippen MR) is 88.3 cm³/mol. The van der Waals surface area contributed by atoms with E-state index in [4.69, 9.17) is 4.98 Å². The number of pyridine rings is 1. The number of nitrogens with zero attached hydrogens (tertiary/aromatic N) is 3. The van der Waals surface area contributed by atoms with E-state index in [1.165, 1.54) is 12.0 Å². The number of hydrogen-bond acceptors (Lipinski definition) is 3. The van der Waals surface area contributed by atoms with E-state index in [0.29, 0.717) is 5.92 Å². The number of hydrogen-bond donors (Lipinski definition) is 1. The Kier molecular flexibility index (Phi) is 3.39. The molecule has 112 valence electrons. The highest BCUT2D eigenvalue weighted by Gasteiger charge is 2.20. The van der Waals surface area contributed by atoms with E-state index < -0.39 is 0 Å². The molecule has 3 heterocycles. The van der Waals surface area contributed by atoms with E-state index in [0.717, 1.165) is 42.2 Å². The summed E-state index contributed by atoms with van der Waals surface area (Å²) in [5.41, 5.74) is 4.34. The lowest BCUT2D eigenvalue weighted by atomic mass is 10.0. The molecule has 1 saturated heterocycles. The lowest BCUT2D eigenvalue weighted by molar-refractivity contribution is 0.558. The summed E-state index contributed by atoms with van der Waals surface area (Å²) in [6.07, 6.45) is 4.07. The zero-order chi connectivity index (χ0) is 14.9. The molecule has 22 heavy (non-hydrogen) atoms. The summed E-state index contributed by atoms with van der Waals surface area (Å²) in [5.74, 6) is 1.78. The second kappa shape index (κ2) is 5.54. The van der Waals surface area contributed by atoms with Gasteiger partial charge in [-0.3, -0.25) is 4.57 Å². The van der Waals surface area contributed by atoms with Crippen molar-refractivity contribution in [1.82, 2.24) is 19.9 Å². The number of nitrogens with one attached hydrogen (secondary N) is 1. The molecule has 1 unspecified atom stereocenters. The van der Waals surface area contributed by atoms with Gasteiger partial charge in [-0.2, -0.15) is 0 Å². The van der Waals surface area contributed by atoms with E-state index in [1.54, 1.807) is 0 Å². The van der Waals surface area contributed by atoms with Crippen LogP contribution in [-0.2, 0) is 6.42 Å². The van der Waals surface area contributed by atoms with Crippen LogP contribution in [0.2, 0.25) is 0 Å². The van der Waals surface area contributed by atoms with Gasteiger partial charge in [0.05, 0.1) is 0 Å². The second-order valence-corrected chi connectivity index (χ2v) is 6.11. The minimum atomic E-state index is 0.668. The number of aryl methyl sites for hydroxylation is 1. The topological polar surface area (TPSA) is 42.7 Å². The standard InChI is InChI=1S/C18H20N4/c1-13-4-6-15(7-5-13)22-17(11-14-8-10-19-12-14)21-16-3-2-9-20-18(16)22/h2-7,9,14,19H,8,10-12H2,1H3. The van der Waals surface area contributed by atoms with Crippen molar-refractivity contribution in [3.8, 4) is 5.69 Å². The highest BCUT2D eigenvalue weighted by Crippen LogP contribution is 2.23. The van der Waals surface area contributed by atoms with Gasteiger partial charge < -0.3 is 5.32 Å². The van der Waals surface area contributed by atoms with E-state index in [2.05, 4.69) is 46.1 Å². The molecule has 0 bridgehead atoms. The maximum atomic E-state index is 4.85. The molecule has 1 N–H and O–H groups in total. The third-order valence-electron chi connectivity index (χ3n) is 4.41. The fourth-order valence-electron chi connectivity index (χ4n) is 3.21. The average molecular weight is 292 g/mol. The van der Waals surface area contributed by atoms with Gasteiger partial charge in [-0.15, -0.1) is 0 Å². The van der Waals surface area contributed by atoms with Crippen molar-refractivity contribution in [2.75, 3.05) is 13.1 Å². The van der Waals surface area contributed by atoms with Crippen LogP contribution < -0.4 is 5.32 Å². The molecule has 1 aliphatic heterocycles. The molecule has 1 atom stereocenters. The van der Waals surface area contributed by atoms with E-state index >= 15 is 0 Å². The maximum Gasteiger partial charge on any atom is 0.164 e. The first kappa shape index (κ1) is 13.5. The Morgan fingerprint density at radius 2 is 2.09 bits per heavy atom. The van der Waals surface area contributed by atoms with Gasteiger partial charge in [-0.1, -0.05) is 17.7 Å². The van der Waals surface area contributed by atoms with Crippen LogP contribution in [0.4, 0.5) is 0 Å². The first-order chi connectivity index (χ1) is 10.8. The molecule has 4 heteroatoms. The SMILES string of the molecule is Cc1ccc(-n2c(CC3CCNC3)nc3cccnc32)cc1. The van der Waals surface area contributed by atoms with Crippen LogP contribution >= 0.6 is 0 Å². The van der Waals surface area contributed by atoms with Crippen molar-refractivity contribution in [2.45, 2.75) is 19.8 Å². The number of aromatic nitrogens is 3. The third-order valence-corrected chi connectivity index (χ3v) is 4.41. The van der Waals surface area contributed by atoms with Gasteiger partial charge in [0.15, 0.2) is 5.65 Å². The minimum absolute atomic E-state index is 0.668. The van der Waals surface area contributed by atoms with Crippen molar-refractivity contribution < 1.29 is 0 Å². The van der Waals surface area contributed by atoms with Gasteiger partial charge in [-0.25, -0.2) is 9.97 Å². The zero-order valence-electron chi connectivity index (χ0n) is 12.8. The van der Waals surface area contributed by atoms with Crippen LogP contribution in [-0.4, -0.2) is 27.6 Å². The summed E-state index contributed by atoms with van der Waals surface area (Å²) in [6.45, 7) is 4.32. The molecule has 0 spiro atoms. The fraction of sp³-hybridized carbons (Fsp3) is 0.333. The molecule has 2 aromatic heterocycles. The highest BCUT2D eigenvalue weighted by molar-refractivity contribution is 5.73. The van der Waals surface area contributed by atoms with Crippen LogP contribution in [0, 0.1) is 12.8 Å². The Labute approximate surface area is 130 Å². The molecule has 1 aromatic carbocycles. The van der Waals surface area contributed by atoms with Crippen LogP contribution in [0.3, 0.4) is 0 Å². The molecule has 3 aromatic rings. The van der Waals surface area contributed by atoms with Crippen LogP contribution in [0.1, 0.15) is 17.8 Å². The van der Waals surface area contributed by atoms with Gasteiger partial charge in [0.1, 0.15) is 11.3 Å². The lowest BCUT2D eigenvalue weighted by Crippen LogP contribution is -2.13. The molecule has 4 rings (SSSR count). The van der Waals surface area contributed by atoms with E-state index in [1.807, 2.05) is 18.3 Å². The predicted octanol–water partition coefficient (Wildman–Crippen LogP) is 2.88. The Balaban J connectivity index is 1.83. The summed E-state index contributed by atoms with van der Waals surface area (Å²) >= 11 is 0. The van der Waals surface area contributed by atoms with E-state index in [-0.39, 0.29) is 0 Å². The summed E-state index contributed by atoms with van der Waals surface area (Å²) in [5, 5.41) is 3.44. The first-order valence-corrected chi connectivity index (χ1v) is 7.91. The molecule has 0 radical (unpaired) electrons. The molecule has 0 saturated carbocycles. The van der Waals surface area contributed by atoms with Crippen LogP contribution in [0.15, 0.2) is 42.6 Å². The smallest absolute Gasteiger partial charge is 0.164 e. The Morgan fingerprint density at radius 1 is 1.23 bits per heavy atom. The monoisotopic (exact) mass is 292 g/mol. The Hall–Kier alpha value is -2.20. The number of benzene rings is 1. The number of rotatable bonds is 3. The van der Waals surface area contributed by atoms with Crippen LogP contribution in [0.5, 0.6) is 0 Å². The maximum absolute atomic E-state index is 4.85. The second-order valence-electron chi connectivity index (χ2n) is 6.11. The molecule has 1 aliphatic rings. The van der Waals surface area contributed by atoms with Gasteiger partial charge in [-0.05, 0) is 56.6 Å². The van der Waals surface area contributed by atoms with Crippen molar-refractivity contribution in [3.63, 3.8) is 0 Å². The van der Waals surface area contributed by atoms with E-state index in [9.17, 15) is 0 Å². The average Bonchev–Trinajstić information content (AvgIpc) is 3.16. The highest BCUT2D eigenvalue weighted by atomic mass is 15.1. The molecular weight excluding hydrogens is 272 g/mol. The molecule has 1 fully saturated rings. The van der Waals surface area contributed by atoms with Gasteiger partial charge in [0, 0.05) is 18.3 Å². The summed E-state index contributed by atoms with van der Waals surface area (Å²) in [6, 6.07) is 12.6. The summed E-state index contributed by atoms with van der Waals surface area (Å²) < 4.78 is 2.22. The largest absolute Gasteiger partial charge is 0.316 e. The lowest BCUT2D eigenvalue weighted by Gasteiger charge is -2.12. The Bertz CT molecular complexity index is 782. The number of imidazole rings is 1. The van der Waals surface area contributed by atoms with Gasteiger partial charge in [0.2, 0.25) is 0 Å². The quantitative estimate of drug-likeness (QED) is 0.807. The molecule has 4 nitrogen and oxygen atoms in total. The zero-order valence-corrected chi connectivity index (χ0v) is 12.8. The third kappa shape index (κ3) is 2.40. The van der Waals surface area contributed by atoms with Gasteiger partial charge in [0.25, 0.3) is 0 Å². The fourth-order valence-corrected chi connectivity index (χ4v) is 3.21.